The van der Waals surface area contributed by atoms with Crippen LogP contribution in [-0.2, 0) is 29.8 Å². The first-order valence-corrected chi connectivity index (χ1v) is 13.1. The van der Waals surface area contributed by atoms with Crippen molar-refractivity contribution in [2.24, 2.45) is 0 Å². The number of sulfonamides is 1. The monoisotopic (exact) mass is 484 g/mol. The summed E-state index contributed by atoms with van der Waals surface area (Å²) >= 11 is 0. The van der Waals surface area contributed by atoms with Gasteiger partial charge in [-0.15, -0.1) is 0 Å². The summed E-state index contributed by atoms with van der Waals surface area (Å²) in [5, 5.41) is 0. The second kappa shape index (κ2) is 8.21. The van der Waals surface area contributed by atoms with Gasteiger partial charge >= 0.3 is 10.2 Å². The Kier molecular flexibility index (Phi) is 5.86. The van der Waals surface area contributed by atoms with Crippen LogP contribution in [0.1, 0.15) is 30.1 Å². The summed E-state index contributed by atoms with van der Waals surface area (Å²) in [4.78, 5) is 37.9. The second-order valence-corrected chi connectivity index (χ2v) is 11.7. The van der Waals surface area contributed by atoms with Crippen LogP contribution in [0.5, 0.6) is 0 Å². The van der Waals surface area contributed by atoms with Crippen molar-refractivity contribution < 1.29 is 31.2 Å². The number of carbonyl (C=O) groups excluding carboxylic acids is 3. The minimum absolute atomic E-state index is 0.0397. The first-order valence-electron chi connectivity index (χ1n) is 10.3. The number of nitrogens with zero attached hydrogens (tertiary/aromatic N) is 4. The van der Waals surface area contributed by atoms with E-state index in [9.17, 15) is 31.2 Å². The van der Waals surface area contributed by atoms with E-state index < -0.39 is 44.6 Å². The minimum Gasteiger partial charge on any atom is -0.338 e. The van der Waals surface area contributed by atoms with Crippen molar-refractivity contribution in [1.82, 2.24) is 17.8 Å². The maximum absolute atomic E-state index is 12.9. The fourth-order valence-electron chi connectivity index (χ4n) is 4.24. The van der Waals surface area contributed by atoms with Crippen molar-refractivity contribution in [3.63, 3.8) is 0 Å². The molecule has 174 valence electrons. The number of hydrogen-bond donors (Lipinski definition) is 0. The van der Waals surface area contributed by atoms with Gasteiger partial charge in [-0.1, -0.05) is 12.1 Å². The number of ketones is 1. The molecule has 0 N–H and O–H groups in total. The Bertz CT molecular complexity index is 1160. The Balaban J connectivity index is 1.39. The van der Waals surface area contributed by atoms with Gasteiger partial charge in [0.25, 0.3) is 5.91 Å². The molecule has 11 nitrogen and oxygen atoms in total. The van der Waals surface area contributed by atoms with Crippen LogP contribution in [0.3, 0.4) is 0 Å². The summed E-state index contributed by atoms with van der Waals surface area (Å²) in [6.07, 6.45) is 1.07. The van der Waals surface area contributed by atoms with Gasteiger partial charge in [0.1, 0.15) is 12.6 Å². The SMILES string of the molecule is CC(=O)c1ccc(S(=O)(=O)N2CCN(C(=O)CN3C(=O)[C@@H]4CCCN4S3(=O)=O)CC2)cc1. The first-order chi connectivity index (χ1) is 15.0. The summed E-state index contributed by atoms with van der Waals surface area (Å²) < 4.78 is 53.9. The van der Waals surface area contributed by atoms with E-state index in [1.165, 1.54) is 40.4 Å². The third-order valence-corrected chi connectivity index (χ3v) is 9.89. The third kappa shape index (κ3) is 3.83. The van der Waals surface area contributed by atoms with Crippen molar-refractivity contribution in [1.29, 1.82) is 0 Å². The van der Waals surface area contributed by atoms with Crippen molar-refractivity contribution in [3.8, 4) is 0 Å². The van der Waals surface area contributed by atoms with Crippen LogP contribution in [0.15, 0.2) is 29.2 Å². The largest absolute Gasteiger partial charge is 0.338 e. The molecular weight excluding hydrogens is 460 g/mol. The van der Waals surface area contributed by atoms with E-state index in [2.05, 4.69) is 0 Å². The van der Waals surface area contributed by atoms with Crippen LogP contribution in [0.2, 0.25) is 0 Å². The maximum Gasteiger partial charge on any atom is 0.307 e. The van der Waals surface area contributed by atoms with Gasteiger partial charge in [-0.3, -0.25) is 14.4 Å². The highest BCUT2D eigenvalue weighted by atomic mass is 32.2. The molecule has 13 heteroatoms. The van der Waals surface area contributed by atoms with Crippen molar-refractivity contribution >= 4 is 37.8 Å². The number of piperazine rings is 1. The van der Waals surface area contributed by atoms with E-state index in [1.807, 2.05) is 0 Å². The fraction of sp³-hybridized carbons (Fsp3) is 0.526. The smallest absolute Gasteiger partial charge is 0.307 e. The molecule has 0 aliphatic carbocycles. The van der Waals surface area contributed by atoms with Gasteiger partial charge in [-0.2, -0.15) is 17.0 Å². The number of fused-ring (bicyclic) bond motifs is 1. The topological polar surface area (TPSA) is 132 Å². The van der Waals surface area contributed by atoms with Gasteiger partial charge in [0.15, 0.2) is 5.78 Å². The molecule has 0 spiro atoms. The van der Waals surface area contributed by atoms with Crippen molar-refractivity contribution in [2.45, 2.75) is 30.7 Å². The Morgan fingerprint density at radius 3 is 2.22 bits per heavy atom. The van der Waals surface area contributed by atoms with Gasteiger partial charge < -0.3 is 4.90 Å². The molecule has 0 aromatic heterocycles. The van der Waals surface area contributed by atoms with Gasteiger partial charge in [0.2, 0.25) is 15.9 Å². The van der Waals surface area contributed by atoms with Gasteiger partial charge in [-0.05, 0) is 31.9 Å². The Morgan fingerprint density at radius 2 is 1.66 bits per heavy atom. The molecule has 0 saturated carbocycles. The lowest BCUT2D eigenvalue weighted by Crippen LogP contribution is -2.53. The van der Waals surface area contributed by atoms with Crippen LogP contribution in [0.4, 0.5) is 0 Å². The number of amides is 2. The number of carbonyl (C=O) groups is 3. The summed E-state index contributed by atoms with van der Waals surface area (Å²) in [5.74, 6) is -1.28. The highest BCUT2D eigenvalue weighted by Crippen LogP contribution is 2.31. The molecule has 0 unspecified atom stereocenters. The number of hydrogen-bond acceptors (Lipinski definition) is 7. The molecule has 3 heterocycles. The van der Waals surface area contributed by atoms with Gasteiger partial charge in [-0.25, -0.2) is 12.7 Å². The molecule has 0 radical (unpaired) electrons. The first kappa shape index (κ1) is 22.8. The quantitative estimate of drug-likeness (QED) is 0.504. The molecule has 4 rings (SSSR count). The predicted octanol–water partition coefficient (Wildman–Crippen LogP) is -0.726. The highest BCUT2D eigenvalue weighted by Gasteiger charge is 2.53. The molecule has 1 aromatic rings. The standard InChI is InChI=1S/C19H24N4O7S2/c1-14(24)15-4-6-16(7-5-15)31(27,28)21-11-9-20(10-12-21)18(25)13-23-19(26)17-3-2-8-22(17)32(23,29)30/h4-7,17H,2-3,8-13H2,1H3/t17-/m0/s1. The average molecular weight is 485 g/mol. The highest BCUT2D eigenvalue weighted by molar-refractivity contribution is 7.89. The van der Waals surface area contributed by atoms with Gasteiger partial charge in [0, 0.05) is 38.3 Å². The summed E-state index contributed by atoms with van der Waals surface area (Å²) in [5.41, 5.74) is 0.409. The molecule has 0 bridgehead atoms. The average Bonchev–Trinajstić information content (AvgIpc) is 3.33. The molecule has 2 amide bonds. The summed E-state index contributed by atoms with van der Waals surface area (Å²) in [6.45, 7) is 1.33. The zero-order chi connectivity index (χ0) is 23.3. The molecule has 32 heavy (non-hydrogen) atoms. The summed E-state index contributed by atoms with van der Waals surface area (Å²) in [6, 6.07) is 4.94. The zero-order valence-corrected chi connectivity index (χ0v) is 19.1. The minimum atomic E-state index is -3.99. The lowest BCUT2D eigenvalue weighted by molar-refractivity contribution is -0.137. The van der Waals surface area contributed by atoms with E-state index in [-0.39, 0.29) is 43.4 Å². The normalized spacial score (nSPS) is 24.0. The van der Waals surface area contributed by atoms with Crippen LogP contribution < -0.4 is 0 Å². The predicted molar refractivity (Wildman–Crippen MR) is 112 cm³/mol. The van der Waals surface area contributed by atoms with Crippen LogP contribution in [0.25, 0.3) is 0 Å². The zero-order valence-electron chi connectivity index (χ0n) is 17.5. The van der Waals surface area contributed by atoms with Crippen molar-refractivity contribution in [3.05, 3.63) is 29.8 Å². The molecule has 3 aliphatic rings. The second-order valence-electron chi connectivity index (χ2n) is 7.99. The Labute approximate surface area is 186 Å². The third-order valence-electron chi connectivity index (χ3n) is 6.08. The van der Waals surface area contributed by atoms with E-state index >= 15 is 0 Å². The van der Waals surface area contributed by atoms with Crippen LogP contribution in [-0.4, -0.2) is 97.6 Å². The number of rotatable bonds is 5. The van der Waals surface area contributed by atoms with E-state index in [0.717, 1.165) is 4.31 Å². The fourth-order valence-corrected chi connectivity index (χ4v) is 7.42. The number of Topliss-reactive ketones (excluding diaryl/α,β-unsaturated/α-hetero) is 1. The Morgan fingerprint density at radius 1 is 1.03 bits per heavy atom. The molecule has 1 atom stereocenters. The van der Waals surface area contributed by atoms with E-state index in [4.69, 9.17) is 0 Å². The van der Waals surface area contributed by atoms with E-state index in [0.29, 0.717) is 22.7 Å². The summed E-state index contributed by atoms with van der Waals surface area (Å²) in [7, 11) is -7.78. The van der Waals surface area contributed by atoms with E-state index in [1.54, 1.807) is 0 Å². The lowest BCUT2D eigenvalue weighted by Gasteiger charge is -2.34. The molecular formula is C19H24N4O7S2. The Hall–Kier alpha value is -2.35. The number of benzene rings is 1. The molecule has 1 aromatic carbocycles. The van der Waals surface area contributed by atoms with Crippen LogP contribution in [0, 0.1) is 0 Å². The van der Waals surface area contributed by atoms with Crippen LogP contribution >= 0.6 is 0 Å². The maximum atomic E-state index is 12.9. The van der Waals surface area contributed by atoms with Crippen molar-refractivity contribution in [2.75, 3.05) is 39.3 Å². The molecule has 3 aliphatic heterocycles. The molecule has 3 fully saturated rings. The lowest BCUT2D eigenvalue weighted by atomic mass is 10.2. The molecule has 3 saturated heterocycles. The van der Waals surface area contributed by atoms with Gasteiger partial charge in [0.05, 0.1) is 4.90 Å².